The average molecular weight is 284 g/mol. The molecule has 0 radical (unpaired) electrons. The number of sulfonamides is 1. The Balaban J connectivity index is 3.09. The second-order valence-electron chi connectivity index (χ2n) is 4.87. The van der Waals surface area contributed by atoms with Crippen molar-refractivity contribution in [2.75, 3.05) is 13.1 Å². The molecular formula is C11H22F2N2O2S. The smallest absolute Gasteiger partial charge is 0.329 e. The molecule has 0 heterocycles. The van der Waals surface area contributed by atoms with Crippen molar-refractivity contribution >= 4 is 10.0 Å². The molecule has 4 nitrogen and oxygen atoms in total. The number of hydrogen-bond donors (Lipinski definition) is 1. The summed E-state index contributed by atoms with van der Waals surface area (Å²) in [5, 5.41) is 0. The molecule has 1 aliphatic carbocycles. The van der Waals surface area contributed by atoms with Gasteiger partial charge >= 0.3 is 5.76 Å². The molecule has 0 atom stereocenters. The summed E-state index contributed by atoms with van der Waals surface area (Å²) >= 11 is 0. The van der Waals surface area contributed by atoms with Gasteiger partial charge in [-0.05, 0) is 19.3 Å². The Labute approximate surface area is 108 Å². The van der Waals surface area contributed by atoms with Gasteiger partial charge in [-0.1, -0.05) is 26.2 Å². The third-order valence-corrected chi connectivity index (χ3v) is 5.29. The van der Waals surface area contributed by atoms with Crippen molar-refractivity contribution in [3.8, 4) is 0 Å². The van der Waals surface area contributed by atoms with Gasteiger partial charge in [0, 0.05) is 18.6 Å². The van der Waals surface area contributed by atoms with E-state index in [0.717, 1.165) is 23.6 Å². The SMILES string of the molecule is CCCN(C1(CN)CCCCC1)S(=O)(=O)C(F)F. The fourth-order valence-electron chi connectivity index (χ4n) is 2.70. The van der Waals surface area contributed by atoms with Gasteiger partial charge in [0.05, 0.1) is 0 Å². The summed E-state index contributed by atoms with van der Waals surface area (Å²) in [5.41, 5.74) is 4.91. The lowest BCUT2D eigenvalue weighted by molar-refractivity contribution is 0.120. The van der Waals surface area contributed by atoms with Crippen LogP contribution in [0.15, 0.2) is 0 Å². The zero-order valence-corrected chi connectivity index (χ0v) is 11.6. The minimum absolute atomic E-state index is 0.110. The van der Waals surface area contributed by atoms with Gasteiger partial charge in [-0.25, -0.2) is 8.42 Å². The Bertz CT molecular complexity index is 354. The van der Waals surface area contributed by atoms with Crippen LogP contribution in [0.4, 0.5) is 8.78 Å². The summed E-state index contributed by atoms with van der Waals surface area (Å²) < 4.78 is 50.1. The highest BCUT2D eigenvalue weighted by Crippen LogP contribution is 2.36. The molecule has 0 aromatic rings. The van der Waals surface area contributed by atoms with E-state index in [0.29, 0.717) is 19.3 Å². The lowest BCUT2D eigenvalue weighted by Crippen LogP contribution is -2.58. The van der Waals surface area contributed by atoms with Crippen LogP contribution in [0.3, 0.4) is 0 Å². The van der Waals surface area contributed by atoms with Gasteiger partial charge in [-0.2, -0.15) is 13.1 Å². The molecule has 0 unspecified atom stereocenters. The number of halogens is 2. The first-order valence-corrected chi connectivity index (χ1v) is 7.91. The standard InChI is InChI=1S/C11H22F2N2O2S/c1-2-8-15(18(16,17)10(12)13)11(9-14)6-4-3-5-7-11/h10H,2-9,14H2,1H3. The number of nitrogens with zero attached hydrogens (tertiary/aromatic N) is 1. The fraction of sp³-hybridized carbons (Fsp3) is 1.00. The average Bonchev–Trinajstić information content (AvgIpc) is 2.36. The minimum atomic E-state index is -4.55. The predicted octanol–water partition coefficient (Wildman–Crippen LogP) is 1.91. The van der Waals surface area contributed by atoms with Crippen molar-refractivity contribution in [2.45, 2.75) is 56.7 Å². The van der Waals surface area contributed by atoms with Crippen molar-refractivity contribution in [3.05, 3.63) is 0 Å². The number of nitrogens with two attached hydrogens (primary N) is 1. The first-order valence-electron chi connectivity index (χ1n) is 6.40. The molecule has 18 heavy (non-hydrogen) atoms. The van der Waals surface area contributed by atoms with Gasteiger partial charge in [0.25, 0.3) is 10.0 Å². The van der Waals surface area contributed by atoms with Crippen molar-refractivity contribution in [2.24, 2.45) is 5.73 Å². The van der Waals surface area contributed by atoms with Gasteiger partial charge in [0.1, 0.15) is 0 Å². The topological polar surface area (TPSA) is 63.4 Å². The molecule has 1 rings (SSSR count). The van der Waals surface area contributed by atoms with Crippen molar-refractivity contribution in [3.63, 3.8) is 0 Å². The summed E-state index contributed by atoms with van der Waals surface area (Å²) in [6.07, 6.45) is 4.36. The summed E-state index contributed by atoms with van der Waals surface area (Å²) in [6.45, 7) is 2.00. The van der Waals surface area contributed by atoms with Crippen LogP contribution in [0.1, 0.15) is 45.4 Å². The summed E-state index contributed by atoms with van der Waals surface area (Å²) in [6, 6.07) is 0. The van der Waals surface area contributed by atoms with Crippen LogP contribution in [-0.4, -0.2) is 37.1 Å². The summed E-state index contributed by atoms with van der Waals surface area (Å²) in [7, 11) is -4.55. The minimum Gasteiger partial charge on any atom is -0.329 e. The maximum Gasteiger partial charge on any atom is 0.350 e. The lowest BCUT2D eigenvalue weighted by Gasteiger charge is -2.44. The van der Waals surface area contributed by atoms with E-state index in [-0.39, 0.29) is 13.1 Å². The highest BCUT2D eigenvalue weighted by molar-refractivity contribution is 7.89. The quantitative estimate of drug-likeness (QED) is 0.810. The molecule has 0 saturated heterocycles. The maximum atomic E-state index is 12.8. The van der Waals surface area contributed by atoms with Gasteiger partial charge in [0.2, 0.25) is 0 Å². The van der Waals surface area contributed by atoms with E-state index in [1.807, 2.05) is 0 Å². The van der Waals surface area contributed by atoms with Crippen LogP contribution in [-0.2, 0) is 10.0 Å². The molecule has 1 aliphatic rings. The van der Waals surface area contributed by atoms with Crippen LogP contribution in [0, 0.1) is 0 Å². The highest BCUT2D eigenvalue weighted by Gasteiger charge is 2.46. The van der Waals surface area contributed by atoms with E-state index in [2.05, 4.69) is 0 Å². The molecule has 0 aliphatic heterocycles. The van der Waals surface area contributed by atoms with E-state index in [4.69, 9.17) is 5.73 Å². The molecule has 0 bridgehead atoms. The number of hydrogen-bond acceptors (Lipinski definition) is 3. The highest BCUT2D eigenvalue weighted by atomic mass is 32.2. The van der Waals surface area contributed by atoms with Crippen LogP contribution < -0.4 is 5.73 Å². The Hall–Kier alpha value is -0.270. The Morgan fingerprint density at radius 2 is 1.83 bits per heavy atom. The van der Waals surface area contributed by atoms with Gasteiger partial charge in [-0.3, -0.25) is 0 Å². The molecular weight excluding hydrogens is 262 g/mol. The van der Waals surface area contributed by atoms with Crippen molar-refractivity contribution in [1.82, 2.24) is 4.31 Å². The van der Waals surface area contributed by atoms with E-state index >= 15 is 0 Å². The molecule has 0 spiro atoms. The van der Waals surface area contributed by atoms with Gasteiger partial charge < -0.3 is 5.73 Å². The number of rotatable bonds is 6. The first-order chi connectivity index (χ1) is 8.40. The molecule has 0 aromatic carbocycles. The van der Waals surface area contributed by atoms with E-state index in [1.165, 1.54) is 0 Å². The zero-order chi connectivity index (χ0) is 13.8. The van der Waals surface area contributed by atoms with Crippen LogP contribution >= 0.6 is 0 Å². The zero-order valence-electron chi connectivity index (χ0n) is 10.7. The van der Waals surface area contributed by atoms with Gasteiger partial charge in [-0.15, -0.1) is 0 Å². The largest absolute Gasteiger partial charge is 0.350 e. The molecule has 7 heteroatoms. The first kappa shape index (κ1) is 15.8. The Kier molecular flexibility index (Phi) is 5.48. The van der Waals surface area contributed by atoms with Crippen LogP contribution in [0.25, 0.3) is 0 Å². The third-order valence-electron chi connectivity index (χ3n) is 3.65. The van der Waals surface area contributed by atoms with Crippen LogP contribution in [0.2, 0.25) is 0 Å². The molecule has 1 saturated carbocycles. The molecule has 2 N–H and O–H groups in total. The van der Waals surface area contributed by atoms with Crippen molar-refractivity contribution < 1.29 is 17.2 Å². The monoisotopic (exact) mass is 284 g/mol. The van der Waals surface area contributed by atoms with E-state index in [1.54, 1.807) is 6.92 Å². The molecule has 1 fully saturated rings. The Morgan fingerprint density at radius 1 is 1.28 bits per heavy atom. The third kappa shape index (κ3) is 3.00. The maximum absolute atomic E-state index is 12.8. The Morgan fingerprint density at radius 3 is 2.22 bits per heavy atom. The van der Waals surface area contributed by atoms with Crippen molar-refractivity contribution in [1.29, 1.82) is 0 Å². The summed E-state index contributed by atoms with van der Waals surface area (Å²) in [5.74, 6) is -3.37. The lowest BCUT2D eigenvalue weighted by atomic mass is 9.81. The molecule has 108 valence electrons. The normalized spacial score (nSPS) is 20.6. The fourth-order valence-corrected chi connectivity index (χ4v) is 4.13. The molecule has 0 amide bonds. The van der Waals surface area contributed by atoms with E-state index < -0.39 is 21.3 Å². The molecule has 0 aromatic heterocycles. The predicted molar refractivity (Wildman–Crippen MR) is 66.8 cm³/mol. The second kappa shape index (κ2) is 6.25. The van der Waals surface area contributed by atoms with Gasteiger partial charge in [0.15, 0.2) is 0 Å². The summed E-state index contributed by atoms with van der Waals surface area (Å²) in [4.78, 5) is 0. The second-order valence-corrected chi connectivity index (χ2v) is 6.69. The number of alkyl halides is 2. The van der Waals surface area contributed by atoms with Crippen LogP contribution in [0.5, 0.6) is 0 Å². The van der Waals surface area contributed by atoms with E-state index in [9.17, 15) is 17.2 Å².